The van der Waals surface area contributed by atoms with E-state index < -0.39 is 0 Å². The van der Waals surface area contributed by atoms with Gasteiger partial charge in [0, 0.05) is 25.3 Å². The van der Waals surface area contributed by atoms with Crippen LogP contribution in [0.2, 0.25) is 0 Å². The van der Waals surface area contributed by atoms with Crippen LogP contribution in [0.15, 0.2) is 0 Å². The van der Waals surface area contributed by atoms with Crippen LogP contribution in [0.1, 0.15) is 19.3 Å². The van der Waals surface area contributed by atoms with Crippen LogP contribution in [0.3, 0.4) is 0 Å². The summed E-state index contributed by atoms with van der Waals surface area (Å²) in [5.41, 5.74) is 5.03. The van der Waals surface area contributed by atoms with Crippen LogP contribution in [0, 0.1) is 0 Å². The molecule has 1 rings (SSSR count). The summed E-state index contributed by atoms with van der Waals surface area (Å²) < 4.78 is 2.40. The first-order chi connectivity index (χ1) is 6.29. The zero-order valence-corrected chi connectivity index (χ0v) is 9.33. The molecule has 5 heteroatoms. The maximum atomic E-state index is 10.4. The number of primary amides is 1. The third-order valence-corrected chi connectivity index (χ3v) is 4.19. The fourth-order valence-electron chi connectivity index (χ4n) is 1.16. The number of hydrogen-bond acceptors (Lipinski definition) is 4. The third kappa shape index (κ3) is 5.44. The number of carbonyl (C=O) groups is 1. The lowest BCUT2D eigenvalue weighted by molar-refractivity contribution is -0.117. The molecule has 0 saturated carbocycles. The third-order valence-electron chi connectivity index (χ3n) is 1.88. The molecule has 0 radical (unpaired) electrons. The molecule has 0 aromatic rings. The highest BCUT2D eigenvalue weighted by Crippen LogP contribution is 2.22. The molecule has 0 aliphatic carbocycles. The van der Waals surface area contributed by atoms with Gasteiger partial charge in [-0.25, -0.2) is 4.31 Å². The van der Waals surface area contributed by atoms with Gasteiger partial charge in [0.2, 0.25) is 5.91 Å². The predicted molar refractivity (Wildman–Crippen MR) is 59.5 cm³/mol. The van der Waals surface area contributed by atoms with Gasteiger partial charge in [-0.2, -0.15) is 0 Å². The van der Waals surface area contributed by atoms with Gasteiger partial charge in [-0.05, 0) is 12.8 Å². The molecule has 0 aromatic carbocycles. The summed E-state index contributed by atoms with van der Waals surface area (Å²) in [4.78, 5) is 10.4. The van der Waals surface area contributed by atoms with Crippen molar-refractivity contribution < 1.29 is 4.79 Å². The predicted octanol–water partition coefficient (Wildman–Crippen LogP) is 1.30. The molecular formula is C8H16N2OS2. The lowest BCUT2D eigenvalue weighted by Gasteiger charge is -2.11. The van der Waals surface area contributed by atoms with E-state index in [-0.39, 0.29) is 5.91 Å². The Hall–Kier alpha value is 0.130. The first-order valence-electron chi connectivity index (χ1n) is 4.53. The molecule has 1 saturated heterocycles. The van der Waals surface area contributed by atoms with Crippen LogP contribution in [0.4, 0.5) is 0 Å². The van der Waals surface area contributed by atoms with Crippen molar-refractivity contribution in [2.75, 3.05) is 23.9 Å². The van der Waals surface area contributed by atoms with Crippen LogP contribution >= 0.6 is 23.7 Å². The highest BCUT2D eigenvalue weighted by atomic mass is 32.2. The fourth-order valence-corrected chi connectivity index (χ4v) is 3.39. The van der Waals surface area contributed by atoms with Crippen molar-refractivity contribution in [3.63, 3.8) is 0 Å². The number of hydrogen-bond donors (Lipinski definition) is 1. The summed E-state index contributed by atoms with van der Waals surface area (Å²) in [7, 11) is 0. The molecule has 2 N–H and O–H groups in total. The SMILES string of the molecule is NC(=O)CCSCSN1CCCC1. The second-order valence-electron chi connectivity index (χ2n) is 3.01. The van der Waals surface area contributed by atoms with Crippen LogP contribution < -0.4 is 5.73 Å². The van der Waals surface area contributed by atoms with Crippen molar-refractivity contribution >= 4 is 29.6 Å². The smallest absolute Gasteiger partial charge is 0.218 e. The Morgan fingerprint density at radius 1 is 1.38 bits per heavy atom. The largest absolute Gasteiger partial charge is 0.370 e. The molecule has 0 unspecified atom stereocenters. The number of amides is 1. The average Bonchev–Trinajstić information content (AvgIpc) is 2.55. The molecule has 1 heterocycles. The van der Waals surface area contributed by atoms with E-state index in [4.69, 9.17) is 5.73 Å². The molecular weight excluding hydrogens is 204 g/mol. The Kier molecular flexibility index (Phi) is 5.66. The van der Waals surface area contributed by atoms with Crippen molar-refractivity contribution in [2.45, 2.75) is 19.3 Å². The molecule has 0 spiro atoms. The average molecular weight is 220 g/mol. The molecule has 1 amide bonds. The number of rotatable bonds is 6. The van der Waals surface area contributed by atoms with Crippen molar-refractivity contribution in [2.24, 2.45) is 5.73 Å². The first kappa shape index (κ1) is 11.2. The van der Waals surface area contributed by atoms with Gasteiger partial charge in [0.1, 0.15) is 0 Å². The maximum absolute atomic E-state index is 10.4. The van der Waals surface area contributed by atoms with Crippen LogP contribution in [-0.2, 0) is 4.79 Å². The van der Waals surface area contributed by atoms with Crippen LogP contribution in [0.5, 0.6) is 0 Å². The summed E-state index contributed by atoms with van der Waals surface area (Å²) in [6.45, 7) is 2.45. The van der Waals surface area contributed by atoms with Gasteiger partial charge in [0.25, 0.3) is 0 Å². The standard InChI is InChI=1S/C8H16N2OS2/c9-8(11)3-6-12-7-13-10-4-1-2-5-10/h1-7H2,(H2,9,11). The van der Waals surface area contributed by atoms with Crippen molar-refractivity contribution in [3.05, 3.63) is 0 Å². The van der Waals surface area contributed by atoms with Gasteiger partial charge in [-0.1, -0.05) is 11.9 Å². The monoisotopic (exact) mass is 220 g/mol. The molecule has 0 atom stereocenters. The summed E-state index contributed by atoms with van der Waals surface area (Å²) in [5, 5.41) is 1.05. The van der Waals surface area contributed by atoms with Gasteiger partial charge in [0.05, 0.1) is 5.08 Å². The van der Waals surface area contributed by atoms with Gasteiger partial charge < -0.3 is 5.73 Å². The molecule has 13 heavy (non-hydrogen) atoms. The normalized spacial score (nSPS) is 17.8. The zero-order chi connectivity index (χ0) is 9.52. The number of nitrogens with two attached hydrogens (primary N) is 1. The van der Waals surface area contributed by atoms with E-state index in [1.807, 2.05) is 11.9 Å². The van der Waals surface area contributed by atoms with Gasteiger partial charge in [-0.3, -0.25) is 4.79 Å². The first-order valence-corrected chi connectivity index (χ1v) is 6.62. The summed E-state index contributed by atoms with van der Waals surface area (Å²) in [5.74, 6) is 0.662. The van der Waals surface area contributed by atoms with E-state index in [1.54, 1.807) is 11.8 Å². The molecule has 1 aliphatic heterocycles. The minimum absolute atomic E-state index is 0.196. The highest BCUT2D eigenvalue weighted by Gasteiger charge is 2.10. The Bertz CT molecular complexity index is 160. The van der Waals surface area contributed by atoms with E-state index in [0.717, 1.165) is 10.8 Å². The lowest BCUT2D eigenvalue weighted by Crippen LogP contribution is -2.12. The van der Waals surface area contributed by atoms with Crippen LogP contribution in [0.25, 0.3) is 0 Å². The summed E-state index contributed by atoms with van der Waals surface area (Å²) in [6, 6.07) is 0. The Morgan fingerprint density at radius 2 is 2.08 bits per heavy atom. The van der Waals surface area contributed by atoms with Crippen molar-refractivity contribution in [1.82, 2.24) is 4.31 Å². The minimum Gasteiger partial charge on any atom is -0.370 e. The molecule has 3 nitrogen and oxygen atoms in total. The molecule has 76 valence electrons. The van der Waals surface area contributed by atoms with Gasteiger partial charge >= 0.3 is 0 Å². The van der Waals surface area contributed by atoms with Crippen molar-refractivity contribution in [1.29, 1.82) is 0 Å². The van der Waals surface area contributed by atoms with E-state index >= 15 is 0 Å². The minimum atomic E-state index is -0.196. The summed E-state index contributed by atoms with van der Waals surface area (Å²) in [6.07, 6.45) is 3.17. The number of nitrogens with zero attached hydrogens (tertiary/aromatic N) is 1. The maximum Gasteiger partial charge on any atom is 0.218 e. The Balaban J connectivity index is 1.86. The molecule has 1 aliphatic rings. The number of thioether (sulfide) groups is 1. The van der Waals surface area contributed by atoms with E-state index in [0.29, 0.717) is 6.42 Å². The van der Waals surface area contributed by atoms with Crippen molar-refractivity contribution in [3.8, 4) is 0 Å². The van der Waals surface area contributed by atoms with Gasteiger partial charge in [0.15, 0.2) is 0 Å². The molecule has 0 bridgehead atoms. The van der Waals surface area contributed by atoms with E-state index in [1.165, 1.54) is 25.9 Å². The summed E-state index contributed by atoms with van der Waals surface area (Å²) >= 11 is 3.67. The fraction of sp³-hybridized carbons (Fsp3) is 0.875. The Labute approximate surface area is 87.9 Å². The zero-order valence-electron chi connectivity index (χ0n) is 7.70. The van der Waals surface area contributed by atoms with Crippen LogP contribution in [-0.4, -0.2) is 34.1 Å². The lowest BCUT2D eigenvalue weighted by atomic mass is 10.4. The quantitative estimate of drug-likeness (QED) is 0.416. The second kappa shape index (κ2) is 6.56. The van der Waals surface area contributed by atoms with E-state index in [2.05, 4.69) is 4.31 Å². The molecule has 0 aromatic heterocycles. The van der Waals surface area contributed by atoms with E-state index in [9.17, 15) is 4.79 Å². The number of carbonyl (C=O) groups excluding carboxylic acids is 1. The topological polar surface area (TPSA) is 46.3 Å². The Morgan fingerprint density at radius 3 is 2.69 bits per heavy atom. The highest BCUT2D eigenvalue weighted by molar-refractivity contribution is 8.14. The second-order valence-corrected chi connectivity index (χ2v) is 5.54. The molecule has 1 fully saturated rings. The van der Waals surface area contributed by atoms with Gasteiger partial charge in [-0.15, -0.1) is 11.8 Å².